The van der Waals surface area contributed by atoms with Crippen LogP contribution in [0.1, 0.15) is 43.5 Å². The van der Waals surface area contributed by atoms with Crippen molar-refractivity contribution < 1.29 is 9.13 Å². The maximum Gasteiger partial charge on any atom is 0.123 e. The lowest BCUT2D eigenvalue weighted by atomic mass is 10.0. The fourth-order valence-corrected chi connectivity index (χ4v) is 2.53. The molecular weight excluding hydrogens is 265 g/mol. The van der Waals surface area contributed by atoms with E-state index in [4.69, 9.17) is 4.74 Å². The highest BCUT2D eigenvalue weighted by Crippen LogP contribution is 2.29. The zero-order valence-electron chi connectivity index (χ0n) is 12.8. The Kier molecular flexibility index (Phi) is 5.34. The van der Waals surface area contributed by atoms with E-state index in [-0.39, 0.29) is 17.9 Å². The molecule has 0 aromatic heterocycles. The highest BCUT2D eigenvalue weighted by molar-refractivity contribution is 5.36. The highest BCUT2D eigenvalue weighted by atomic mass is 19.1. The number of para-hydroxylation sites is 1. The molecule has 2 rings (SSSR count). The van der Waals surface area contributed by atoms with Crippen molar-refractivity contribution in [3.63, 3.8) is 0 Å². The summed E-state index contributed by atoms with van der Waals surface area (Å²) >= 11 is 0. The normalized spacial score (nSPS) is 13.7. The second-order valence-electron chi connectivity index (χ2n) is 5.14. The molecule has 0 fully saturated rings. The minimum Gasteiger partial charge on any atom is -0.496 e. The van der Waals surface area contributed by atoms with Gasteiger partial charge in [-0.15, -0.1) is 0 Å². The Balaban J connectivity index is 2.16. The summed E-state index contributed by atoms with van der Waals surface area (Å²) in [6.07, 6.45) is 0.950. The van der Waals surface area contributed by atoms with Crippen molar-refractivity contribution in [2.45, 2.75) is 32.4 Å². The van der Waals surface area contributed by atoms with Gasteiger partial charge in [0.1, 0.15) is 11.6 Å². The molecule has 0 heterocycles. The van der Waals surface area contributed by atoms with Gasteiger partial charge in [0.15, 0.2) is 0 Å². The first-order valence-electron chi connectivity index (χ1n) is 7.30. The Hall–Kier alpha value is -1.87. The van der Waals surface area contributed by atoms with Crippen molar-refractivity contribution >= 4 is 0 Å². The van der Waals surface area contributed by atoms with E-state index in [9.17, 15) is 4.39 Å². The predicted molar refractivity (Wildman–Crippen MR) is 84.0 cm³/mol. The maximum absolute atomic E-state index is 13.0. The molecule has 2 atom stereocenters. The molecule has 2 aromatic rings. The highest BCUT2D eigenvalue weighted by Gasteiger charge is 2.17. The molecule has 2 aromatic carbocycles. The summed E-state index contributed by atoms with van der Waals surface area (Å²) in [4.78, 5) is 0. The number of ether oxygens (including phenoxy) is 1. The molecule has 1 N–H and O–H groups in total. The Morgan fingerprint density at radius 1 is 1.10 bits per heavy atom. The molecule has 0 spiro atoms. The van der Waals surface area contributed by atoms with Crippen LogP contribution in [0.5, 0.6) is 5.75 Å². The van der Waals surface area contributed by atoms with Crippen LogP contribution in [0.15, 0.2) is 48.5 Å². The molecule has 0 saturated carbocycles. The lowest BCUT2D eigenvalue weighted by molar-refractivity contribution is 0.388. The number of methoxy groups -OCH3 is 1. The largest absolute Gasteiger partial charge is 0.496 e. The van der Waals surface area contributed by atoms with Crippen molar-refractivity contribution in [2.75, 3.05) is 7.11 Å². The van der Waals surface area contributed by atoms with Crippen LogP contribution in [0.4, 0.5) is 4.39 Å². The third kappa shape index (κ3) is 3.82. The van der Waals surface area contributed by atoms with Crippen LogP contribution in [-0.4, -0.2) is 7.11 Å². The minimum absolute atomic E-state index is 0.139. The number of hydrogen-bond donors (Lipinski definition) is 1. The summed E-state index contributed by atoms with van der Waals surface area (Å²) < 4.78 is 18.4. The third-order valence-electron chi connectivity index (χ3n) is 3.74. The smallest absolute Gasteiger partial charge is 0.123 e. The molecule has 0 radical (unpaired) electrons. The predicted octanol–water partition coefficient (Wildman–Crippen LogP) is 4.64. The maximum atomic E-state index is 13.0. The summed E-state index contributed by atoms with van der Waals surface area (Å²) in [5.41, 5.74) is 2.22. The first kappa shape index (κ1) is 15.5. The topological polar surface area (TPSA) is 21.3 Å². The Morgan fingerprint density at radius 3 is 2.38 bits per heavy atom. The lowest BCUT2D eigenvalue weighted by Gasteiger charge is -2.24. The van der Waals surface area contributed by atoms with E-state index in [1.807, 2.05) is 30.3 Å². The van der Waals surface area contributed by atoms with Crippen LogP contribution in [0.2, 0.25) is 0 Å². The molecular formula is C18H22FNO. The van der Waals surface area contributed by atoms with Crippen LogP contribution >= 0.6 is 0 Å². The minimum atomic E-state index is -0.206. The van der Waals surface area contributed by atoms with Gasteiger partial charge >= 0.3 is 0 Å². The van der Waals surface area contributed by atoms with E-state index < -0.39 is 0 Å². The fourth-order valence-electron chi connectivity index (χ4n) is 2.53. The Bertz CT molecular complexity index is 568. The second kappa shape index (κ2) is 7.23. The number of nitrogens with one attached hydrogen (secondary N) is 1. The molecule has 0 saturated heterocycles. The van der Waals surface area contributed by atoms with E-state index in [1.165, 1.54) is 12.1 Å². The fraction of sp³-hybridized carbons (Fsp3) is 0.333. The monoisotopic (exact) mass is 287 g/mol. The first-order valence-corrected chi connectivity index (χ1v) is 7.30. The van der Waals surface area contributed by atoms with Gasteiger partial charge in [-0.05, 0) is 37.1 Å². The van der Waals surface area contributed by atoms with Crippen LogP contribution in [0.3, 0.4) is 0 Å². The zero-order valence-corrected chi connectivity index (χ0v) is 12.8. The number of halogens is 1. The van der Waals surface area contributed by atoms with E-state index >= 15 is 0 Å². The van der Waals surface area contributed by atoms with Crippen molar-refractivity contribution in [1.82, 2.24) is 5.32 Å². The second-order valence-corrected chi connectivity index (χ2v) is 5.14. The number of benzene rings is 2. The Labute approximate surface area is 126 Å². The first-order chi connectivity index (χ1) is 10.2. The van der Waals surface area contributed by atoms with E-state index in [1.54, 1.807) is 7.11 Å². The summed E-state index contributed by atoms with van der Waals surface area (Å²) in [6, 6.07) is 15.0. The van der Waals surface area contributed by atoms with Gasteiger partial charge in [0, 0.05) is 17.6 Å². The molecule has 21 heavy (non-hydrogen) atoms. The molecule has 2 nitrogen and oxygen atoms in total. The quantitative estimate of drug-likeness (QED) is 0.836. The Morgan fingerprint density at radius 2 is 1.76 bits per heavy atom. The SMILES string of the molecule is CCC(N[C@H](C)c1ccc(F)cc1)c1ccccc1OC. The molecule has 0 aliphatic heterocycles. The molecule has 0 amide bonds. The van der Waals surface area contributed by atoms with Gasteiger partial charge in [0.25, 0.3) is 0 Å². The van der Waals surface area contributed by atoms with E-state index in [2.05, 4.69) is 25.2 Å². The van der Waals surface area contributed by atoms with Gasteiger partial charge in [-0.3, -0.25) is 0 Å². The van der Waals surface area contributed by atoms with Gasteiger partial charge in [-0.2, -0.15) is 0 Å². The van der Waals surface area contributed by atoms with Gasteiger partial charge in [-0.1, -0.05) is 37.3 Å². The molecule has 1 unspecified atom stereocenters. The van der Waals surface area contributed by atoms with Crippen LogP contribution in [0, 0.1) is 5.82 Å². The number of rotatable bonds is 6. The van der Waals surface area contributed by atoms with Crippen molar-refractivity contribution in [2.24, 2.45) is 0 Å². The number of hydrogen-bond acceptors (Lipinski definition) is 2. The van der Waals surface area contributed by atoms with Crippen LogP contribution in [-0.2, 0) is 0 Å². The van der Waals surface area contributed by atoms with Crippen molar-refractivity contribution in [3.8, 4) is 5.75 Å². The molecule has 0 aliphatic rings. The average molecular weight is 287 g/mol. The summed E-state index contributed by atoms with van der Waals surface area (Å²) in [5, 5.41) is 3.59. The van der Waals surface area contributed by atoms with Crippen LogP contribution < -0.4 is 10.1 Å². The summed E-state index contributed by atoms with van der Waals surface area (Å²) in [5.74, 6) is 0.686. The standard InChI is InChI=1S/C18H22FNO/c1-4-17(16-7-5-6-8-18(16)21-3)20-13(2)14-9-11-15(19)12-10-14/h5-13,17,20H,4H2,1-3H3/t13-,17?/m1/s1. The van der Waals surface area contributed by atoms with Crippen molar-refractivity contribution in [3.05, 3.63) is 65.5 Å². The zero-order chi connectivity index (χ0) is 15.2. The van der Waals surface area contributed by atoms with Gasteiger partial charge in [0.2, 0.25) is 0 Å². The molecule has 0 bridgehead atoms. The summed E-state index contributed by atoms with van der Waals surface area (Å²) in [7, 11) is 1.69. The van der Waals surface area contributed by atoms with Gasteiger partial charge in [-0.25, -0.2) is 4.39 Å². The lowest BCUT2D eigenvalue weighted by Crippen LogP contribution is -2.24. The van der Waals surface area contributed by atoms with Crippen molar-refractivity contribution in [1.29, 1.82) is 0 Å². The van der Waals surface area contributed by atoms with E-state index in [0.717, 1.165) is 23.3 Å². The van der Waals surface area contributed by atoms with E-state index in [0.29, 0.717) is 0 Å². The third-order valence-corrected chi connectivity index (χ3v) is 3.74. The molecule has 3 heteroatoms. The van der Waals surface area contributed by atoms with Gasteiger partial charge in [0.05, 0.1) is 7.11 Å². The van der Waals surface area contributed by atoms with Gasteiger partial charge < -0.3 is 10.1 Å². The summed E-state index contributed by atoms with van der Waals surface area (Å²) in [6.45, 7) is 4.23. The molecule has 0 aliphatic carbocycles. The van der Waals surface area contributed by atoms with Crippen LogP contribution in [0.25, 0.3) is 0 Å². The molecule has 112 valence electrons. The average Bonchev–Trinajstić information content (AvgIpc) is 2.53.